The van der Waals surface area contributed by atoms with E-state index in [4.69, 9.17) is 0 Å². The molecule has 2 N–H and O–H groups in total. The molecule has 3 heterocycles. The first kappa shape index (κ1) is 10.1. The minimum absolute atomic E-state index is 0.0133. The van der Waals surface area contributed by atoms with Crippen molar-refractivity contribution in [3.8, 4) is 0 Å². The van der Waals surface area contributed by atoms with Crippen LogP contribution in [-0.2, 0) is 9.59 Å². The monoisotopic (exact) mass is 223 g/mol. The summed E-state index contributed by atoms with van der Waals surface area (Å²) in [5.41, 5.74) is 0. The summed E-state index contributed by atoms with van der Waals surface area (Å²) >= 11 is 0. The van der Waals surface area contributed by atoms with Crippen LogP contribution in [0.5, 0.6) is 0 Å². The Morgan fingerprint density at radius 3 is 2.44 bits per heavy atom. The van der Waals surface area contributed by atoms with Gasteiger partial charge in [0.25, 0.3) is 0 Å². The SMILES string of the molecule is O=C1CC(C(=O)N2C[C@H]3CNC[C@H]3C2)CN1. The minimum atomic E-state index is -0.112. The third-order valence-corrected chi connectivity index (χ3v) is 4.03. The normalized spacial score (nSPS) is 37.6. The second kappa shape index (κ2) is 3.73. The Morgan fingerprint density at radius 2 is 1.88 bits per heavy atom. The lowest BCUT2D eigenvalue weighted by molar-refractivity contribution is -0.135. The molecule has 3 rings (SSSR count). The van der Waals surface area contributed by atoms with E-state index in [0.29, 0.717) is 24.8 Å². The van der Waals surface area contributed by atoms with Gasteiger partial charge in [0.05, 0.1) is 5.92 Å². The molecular weight excluding hydrogens is 206 g/mol. The van der Waals surface area contributed by atoms with Gasteiger partial charge in [0.15, 0.2) is 0 Å². The van der Waals surface area contributed by atoms with Gasteiger partial charge in [0, 0.05) is 39.1 Å². The molecule has 1 unspecified atom stereocenters. The molecule has 88 valence electrons. The first-order chi connectivity index (χ1) is 7.74. The fourth-order valence-electron chi connectivity index (χ4n) is 3.07. The lowest BCUT2D eigenvalue weighted by atomic mass is 10.0. The van der Waals surface area contributed by atoms with Crippen LogP contribution in [-0.4, -0.2) is 49.4 Å². The summed E-state index contributed by atoms with van der Waals surface area (Å²) in [6.45, 7) is 4.36. The van der Waals surface area contributed by atoms with Crippen LogP contribution in [0.3, 0.4) is 0 Å². The van der Waals surface area contributed by atoms with E-state index in [0.717, 1.165) is 26.2 Å². The zero-order valence-corrected chi connectivity index (χ0v) is 9.24. The van der Waals surface area contributed by atoms with Gasteiger partial charge in [-0.25, -0.2) is 0 Å². The molecule has 3 atom stereocenters. The second-order valence-electron chi connectivity index (χ2n) is 5.13. The van der Waals surface area contributed by atoms with Crippen molar-refractivity contribution in [2.24, 2.45) is 17.8 Å². The van der Waals surface area contributed by atoms with Crippen LogP contribution < -0.4 is 10.6 Å². The highest BCUT2D eigenvalue weighted by molar-refractivity contribution is 5.89. The third-order valence-electron chi connectivity index (χ3n) is 4.03. The highest BCUT2D eigenvalue weighted by atomic mass is 16.2. The van der Waals surface area contributed by atoms with Gasteiger partial charge in [-0.3, -0.25) is 9.59 Å². The lowest BCUT2D eigenvalue weighted by Gasteiger charge is -2.20. The number of amides is 2. The van der Waals surface area contributed by atoms with Crippen LogP contribution in [0.25, 0.3) is 0 Å². The highest BCUT2D eigenvalue weighted by Crippen LogP contribution is 2.28. The molecule has 0 aromatic heterocycles. The molecule has 0 bridgehead atoms. The molecule has 16 heavy (non-hydrogen) atoms. The molecule has 0 aromatic carbocycles. The van der Waals surface area contributed by atoms with Crippen molar-refractivity contribution in [1.82, 2.24) is 15.5 Å². The average molecular weight is 223 g/mol. The number of rotatable bonds is 1. The molecule has 5 nitrogen and oxygen atoms in total. The van der Waals surface area contributed by atoms with Gasteiger partial charge in [-0.1, -0.05) is 0 Å². The number of nitrogens with zero attached hydrogens (tertiary/aromatic N) is 1. The molecule has 3 aliphatic rings. The number of likely N-dealkylation sites (tertiary alicyclic amines) is 1. The van der Waals surface area contributed by atoms with Crippen LogP contribution in [0, 0.1) is 17.8 Å². The van der Waals surface area contributed by atoms with E-state index in [1.807, 2.05) is 4.90 Å². The number of hydrogen-bond donors (Lipinski definition) is 2. The van der Waals surface area contributed by atoms with E-state index in [-0.39, 0.29) is 17.7 Å². The van der Waals surface area contributed by atoms with Gasteiger partial charge in [-0.2, -0.15) is 0 Å². The summed E-state index contributed by atoms with van der Waals surface area (Å²) in [4.78, 5) is 25.2. The molecule has 3 aliphatic heterocycles. The minimum Gasteiger partial charge on any atom is -0.355 e. The quantitative estimate of drug-likeness (QED) is 0.587. The van der Waals surface area contributed by atoms with Gasteiger partial charge in [0.1, 0.15) is 0 Å². The maximum atomic E-state index is 12.1. The summed E-state index contributed by atoms with van der Waals surface area (Å²) in [5, 5.41) is 6.08. The van der Waals surface area contributed by atoms with E-state index in [1.165, 1.54) is 0 Å². The topological polar surface area (TPSA) is 61.4 Å². The predicted octanol–water partition coefficient (Wildman–Crippen LogP) is -1.20. The van der Waals surface area contributed by atoms with Crippen molar-refractivity contribution in [2.45, 2.75) is 6.42 Å². The molecule has 0 radical (unpaired) electrons. The Labute approximate surface area is 94.6 Å². The number of carbonyl (C=O) groups excluding carboxylic acids is 2. The zero-order valence-electron chi connectivity index (χ0n) is 9.24. The predicted molar refractivity (Wildman–Crippen MR) is 57.5 cm³/mol. The Balaban J connectivity index is 1.62. The number of carbonyl (C=O) groups is 2. The van der Waals surface area contributed by atoms with Crippen molar-refractivity contribution in [3.63, 3.8) is 0 Å². The average Bonchev–Trinajstić information content (AvgIpc) is 2.89. The van der Waals surface area contributed by atoms with E-state index in [9.17, 15) is 9.59 Å². The van der Waals surface area contributed by atoms with E-state index in [2.05, 4.69) is 10.6 Å². The Hall–Kier alpha value is -1.10. The smallest absolute Gasteiger partial charge is 0.228 e. The van der Waals surface area contributed by atoms with Crippen molar-refractivity contribution >= 4 is 11.8 Å². The fourth-order valence-corrected chi connectivity index (χ4v) is 3.07. The first-order valence-corrected chi connectivity index (χ1v) is 6.00. The molecule has 0 aliphatic carbocycles. The second-order valence-corrected chi connectivity index (χ2v) is 5.13. The van der Waals surface area contributed by atoms with Crippen LogP contribution in [0.15, 0.2) is 0 Å². The molecule has 0 aromatic rings. The van der Waals surface area contributed by atoms with Gasteiger partial charge in [0.2, 0.25) is 11.8 Å². The Kier molecular flexibility index (Phi) is 2.35. The number of hydrogen-bond acceptors (Lipinski definition) is 3. The van der Waals surface area contributed by atoms with E-state index in [1.54, 1.807) is 0 Å². The maximum absolute atomic E-state index is 12.1. The van der Waals surface area contributed by atoms with E-state index < -0.39 is 0 Å². The van der Waals surface area contributed by atoms with Gasteiger partial charge in [-0.05, 0) is 11.8 Å². The summed E-state index contributed by atoms with van der Waals surface area (Å²) in [6, 6.07) is 0. The summed E-state index contributed by atoms with van der Waals surface area (Å²) in [5.74, 6) is 1.34. The van der Waals surface area contributed by atoms with Gasteiger partial charge >= 0.3 is 0 Å². The van der Waals surface area contributed by atoms with Crippen LogP contribution in [0.1, 0.15) is 6.42 Å². The largest absolute Gasteiger partial charge is 0.355 e. The van der Waals surface area contributed by atoms with Crippen LogP contribution >= 0.6 is 0 Å². The van der Waals surface area contributed by atoms with Crippen molar-refractivity contribution in [1.29, 1.82) is 0 Å². The van der Waals surface area contributed by atoms with Gasteiger partial charge in [-0.15, -0.1) is 0 Å². The maximum Gasteiger partial charge on any atom is 0.228 e. The summed E-state index contributed by atoms with van der Waals surface area (Å²) < 4.78 is 0. The van der Waals surface area contributed by atoms with Crippen molar-refractivity contribution in [3.05, 3.63) is 0 Å². The van der Waals surface area contributed by atoms with Crippen molar-refractivity contribution < 1.29 is 9.59 Å². The Bertz CT molecular complexity index is 319. The first-order valence-electron chi connectivity index (χ1n) is 6.00. The molecule has 5 heteroatoms. The third kappa shape index (κ3) is 1.59. The van der Waals surface area contributed by atoms with E-state index >= 15 is 0 Å². The Morgan fingerprint density at radius 1 is 1.19 bits per heavy atom. The molecule has 2 amide bonds. The molecule has 0 saturated carbocycles. The van der Waals surface area contributed by atoms with Crippen LogP contribution in [0.4, 0.5) is 0 Å². The number of fused-ring (bicyclic) bond motifs is 1. The van der Waals surface area contributed by atoms with Crippen LogP contribution in [0.2, 0.25) is 0 Å². The van der Waals surface area contributed by atoms with Gasteiger partial charge < -0.3 is 15.5 Å². The molecule has 3 fully saturated rings. The zero-order chi connectivity index (χ0) is 11.1. The molecule has 0 spiro atoms. The summed E-state index contributed by atoms with van der Waals surface area (Å²) in [7, 11) is 0. The fraction of sp³-hybridized carbons (Fsp3) is 0.818. The summed E-state index contributed by atoms with van der Waals surface area (Å²) in [6.07, 6.45) is 0.378. The number of nitrogens with one attached hydrogen (secondary N) is 2. The molecular formula is C11H17N3O2. The standard InChI is InChI=1S/C11H17N3O2/c15-10-1-7(4-13-10)11(16)14-5-8-2-12-3-9(8)6-14/h7-9,12H,1-6H2,(H,13,15)/t7?,8-,9+. The van der Waals surface area contributed by atoms with Crippen molar-refractivity contribution in [2.75, 3.05) is 32.7 Å². The highest BCUT2D eigenvalue weighted by Gasteiger charge is 2.41. The molecule has 3 saturated heterocycles. The lowest BCUT2D eigenvalue weighted by Crippen LogP contribution is -2.37.